The van der Waals surface area contributed by atoms with Gasteiger partial charge in [0.25, 0.3) is 0 Å². The number of unbranched alkanes of at least 4 members (excludes halogenated alkanes) is 22. The predicted molar refractivity (Wildman–Crippen MR) is 157 cm³/mol. The Balaban J connectivity index is 0. The number of hydrogen-bond acceptors (Lipinski definition) is 3. The van der Waals surface area contributed by atoms with Crippen molar-refractivity contribution in [2.24, 2.45) is 0 Å². The van der Waals surface area contributed by atoms with Gasteiger partial charge in [0.05, 0.1) is 5.97 Å². The Morgan fingerprint density at radius 2 is 0.757 bits per heavy atom. The second-order valence-corrected chi connectivity index (χ2v) is 11.4. The van der Waals surface area contributed by atoms with E-state index in [9.17, 15) is 9.90 Å². The summed E-state index contributed by atoms with van der Waals surface area (Å²) in [6.45, 7) is 8.49. The minimum absolute atomic E-state index is 0. The molecule has 4 heteroatoms. The van der Waals surface area contributed by atoms with Crippen molar-refractivity contribution >= 4 is 5.97 Å². The summed E-state index contributed by atoms with van der Waals surface area (Å²) in [7, 11) is 0. The number of carboxylic acids is 1. The molecule has 0 radical (unpaired) electrons. The maximum Gasteiger partial charge on any atom is 1.00 e. The second-order valence-electron chi connectivity index (χ2n) is 11.4. The maximum absolute atomic E-state index is 11.8. The van der Waals surface area contributed by atoms with Crippen LogP contribution in [0, 0.1) is 0 Å². The number of carbonyl (C=O) groups excluding carboxylic acids is 1. The maximum atomic E-state index is 11.8. The van der Waals surface area contributed by atoms with E-state index in [1.54, 1.807) is 0 Å². The van der Waals surface area contributed by atoms with E-state index in [2.05, 4.69) is 25.7 Å². The number of nitrogens with zero attached hydrogens (tertiary/aromatic N) is 1. The second kappa shape index (κ2) is 33.3. The molecule has 0 aliphatic heterocycles. The van der Waals surface area contributed by atoms with Crippen LogP contribution in [0.1, 0.15) is 188 Å². The van der Waals surface area contributed by atoms with Crippen molar-refractivity contribution in [1.82, 2.24) is 4.90 Å². The van der Waals surface area contributed by atoms with Gasteiger partial charge >= 0.3 is 51.4 Å². The molecule has 0 aromatic carbocycles. The first-order valence-electron chi connectivity index (χ1n) is 16.6. The summed E-state index contributed by atoms with van der Waals surface area (Å²) in [6.07, 6.45) is 33.9. The molecule has 0 saturated carbocycles. The Labute approximate surface area is 276 Å². The summed E-state index contributed by atoms with van der Waals surface area (Å²) in [5.74, 6) is -0.866. The van der Waals surface area contributed by atoms with E-state index in [-0.39, 0.29) is 51.4 Å². The average Bonchev–Trinajstić information content (AvgIpc) is 2.87. The van der Waals surface area contributed by atoms with Crippen LogP contribution in [-0.2, 0) is 4.79 Å². The molecule has 1 atom stereocenters. The predicted octanol–water partition coefficient (Wildman–Crippen LogP) is 6.61. The molecule has 0 aromatic heterocycles. The van der Waals surface area contributed by atoms with E-state index < -0.39 is 12.0 Å². The van der Waals surface area contributed by atoms with Crippen LogP contribution in [0.2, 0.25) is 0 Å². The van der Waals surface area contributed by atoms with Crippen LogP contribution in [0.5, 0.6) is 0 Å². The molecule has 37 heavy (non-hydrogen) atoms. The molecule has 3 nitrogen and oxygen atoms in total. The van der Waals surface area contributed by atoms with E-state index in [0.717, 1.165) is 38.8 Å². The standard InChI is InChI=1S/C33H67NO2.K/c1-4-7-9-11-13-15-17-19-21-23-25-27-30-34(32(29-6-3)33(35)36)31-28-26-24-22-20-18-16-14-12-10-8-5-2;/h32H,4-31H2,1-3H3,(H,35,36);/q;+1/p-1. The summed E-state index contributed by atoms with van der Waals surface area (Å²) in [6, 6.07) is -0.393. The molecule has 0 amide bonds. The molecule has 0 aliphatic carbocycles. The fourth-order valence-corrected chi connectivity index (χ4v) is 5.46. The molecule has 0 bridgehead atoms. The van der Waals surface area contributed by atoms with Gasteiger partial charge in [-0.05, 0) is 32.4 Å². The van der Waals surface area contributed by atoms with Gasteiger partial charge in [-0.1, -0.05) is 168 Å². The van der Waals surface area contributed by atoms with Crippen LogP contribution < -0.4 is 56.5 Å². The van der Waals surface area contributed by atoms with Crippen LogP contribution in [0.25, 0.3) is 0 Å². The van der Waals surface area contributed by atoms with Gasteiger partial charge in [-0.15, -0.1) is 0 Å². The quantitative estimate of drug-likeness (QED) is 0.0750. The molecule has 0 aromatic rings. The van der Waals surface area contributed by atoms with E-state index in [4.69, 9.17) is 0 Å². The Morgan fingerprint density at radius 1 is 0.486 bits per heavy atom. The Bertz CT molecular complexity index is 418. The Hall–Kier alpha value is 1.07. The first kappa shape index (κ1) is 40.2. The van der Waals surface area contributed by atoms with E-state index in [1.165, 1.54) is 141 Å². The minimum atomic E-state index is -0.866. The third-order valence-corrected chi connectivity index (χ3v) is 7.87. The van der Waals surface area contributed by atoms with Gasteiger partial charge in [-0.3, -0.25) is 4.90 Å². The van der Waals surface area contributed by atoms with E-state index in [1.807, 2.05) is 0 Å². The topological polar surface area (TPSA) is 43.4 Å². The first-order valence-corrected chi connectivity index (χ1v) is 16.6. The summed E-state index contributed by atoms with van der Waals surface area (Å²) < 4.78 is 0. The van der Waals surface area contributed by atoms with Crippen molar-refractivity contribution in [2.75, 3.05) is 13.1 Å². The fraction of sp³-hybridized carbons (Fsp3) is 0.970. The fourth-order valence-electron chi connectivity index (χ4n) is 5.46. The van der Waals surface area contributed by atoms with Gasteiger partial charge in [0, 0.05) is 6.04 Å². The number of hydrogen-bond donors (Lipinski definition) is 0. The third-order valence-electron chi connectivity index (χ3n) is 7.87. The number of aliphatic carboxylic acids is 1. The van der Waals surface area contributed by atoms with Gasteiger partial charge in [-0.2, -0.15) is 0 Å². The van der Waals surface area contributed by atoms with Crippen molar-refractivity contribution in [3.8, 4) is 0 Å². The van der Waals surface area contributed by atoms with Gasteiger partial charge in [0.1, 0.15) is 0 Å². The van der Waals surface area contributed by atoms with Crippen LogP contribution in [0.4, 0.5) is 0 Å². The molecule has 0 fully saturated rings. The van der Waals surface area contributed by atoms with Gasteiger partial charge < -0.3 is 9.90 Å². The number of carbonyl (C=O) groups is 1. The molecule has 0 saturated heterocycles. The Kier molecular flexibility index (Phi) is 36.2. The SMILES string of the molecule is CCCCCCCCCCCCCCN(CCCCCCCCCCCCCC)C(CCC)C(=O)[O-].[K+]. The normalized spacial score (nSPS) is 12.1. The van der Waals surface area contributed by atoms with Gasteiger partial charge in [0.15, 0.2) is 0 Å². The average molecular weight is 548 g/mol. The van der Waals surface area contributed by atoms with Gasteiger partial charge in [-0.25, -0.2) is 0 Å². The van der Waals surface area contributed by atoms with Crippen molar-refractivity contribution < 1.29 is 61.3 Å². The molecule has 0 heterocycles. The monoisotopic (exact) mass is 547 g/mol. The number of rotatable bonds is 30. The summed E-state index contributed by atoms with van der Waals surface area (Å²) in [4.78, 5) is 14.1. The zero-order valence-corrected chi connectivity index (χ0v) is 29.3. The molecule has 0 rings (SSSR count). The van der Waals surface area contributed by atoms with Crippen molar-refractivity contribution in [1.29, 1.82) is 0 Å². The van der Waals surface area contributed by atoms with E-state index >= 15 is 0 Å². The van der Waals surface area contributed by atoms with Crippen LogP contribution in [0.3, 0.4) is 0 Å². The molecule has 216 valence electrons. The summed E-state index contributed by atoms with van der Waals surface area (Å²) in [5.41, 5.74) is 0. The minimum Gasteiger partial charge on any atom is -0.548 e. The zero-order chi connectivity index (χ0) is 26.5. The summed E-state index contributed by atoms with van der Waals surface area (Å²) in [5, 5.41) is 11.8. The van der Waals surface area contributed by atoms with Gasteiger partial charge in [0.2, 0.25) is 0 Å². The molecular weight excluding hydrogens is 481 g/mol. The third kappa shape index (κ3) is 28.4. The molecular formula is C33H66KNO2. The molecule has 0 spiro atoms. The molecule has 0 N–H and O–H groups in total. The zero-order valence-electron chi connectivity index (χ0n) is 26.1. The van der Waals surface area contributed by atoms with Crippen LogP contribution >= 0.6 is 0 Å². The largest absolute Gasteiger partial charge is 1.00 e. The van der Waals surface area contributed by atoms with Crippen LogP contribution in [0.15, 0.2) is 0 Å². The van der Waals surface area contributed by atoms with E-state index in [0.29, 0.717) is 0 Å². The van der Waals surface area contributed by atoms with Crippen LogP contribution in [-0.4, -0.2) is 30.0 Å². The Morgan fingerprint density at radius 3 is 1.00 bits per heavy atom. The summed E-state index contributed by atoms with van der Waals surface area (Å²) >= 11 is 0. The number of carboxylic acid groups (broad SMARTS) is 1. The van der Waals surface area contributed by atoms with Crippen molar-refractivity contribution in [3.05, 3.63) is 0 Å². The van der Waals surface area contributed by atoms with Crippen molar-refractivity contribution in [3.63, 3.8) is 0 Å². The molecule has 0 aliphatic rings. The first-order chi connectivity index (χ1) is 17.7. The van der Waals surface area contributed by atoms with Crippen molar-refractivity contribution in [2.45, 2.75) is 194 Å². The smallest absolute Gasteiger partial charge is 0.548 e. The molecule has 1 unspecified atom stereocenters.